The number of anilines is 3. The number of aromatic nitrogens is 2. The van der Waals surface area contributed by atoms with Crippen molar-refractivity contribution in [3.8, 4) is 0 Å². The Morgan fingerprint density at radius 2 is 1.40 bits per heavy atom. The van der Waals surface area contributed by atoms with Crippen molar-refractivity contribution in [2.75, 3.05) is 22.1 Å². The number of para-hydroxylation sites is 2. The highest BCUT2D eigenvalue weighted by molar-refractivity contribution is 6.71. The summed E-state index contributed by atoms with van der Waals surface area (Å²) < 4.78 is 7.12. The van der Waals surface area contributed by atoms with E-state index >= 15 is 4.79 Å². The summed E-state index contributed by atoms with van der Waals surface area (Å²) in [4.78, 5) is 79.0. The Hall–Kier alpha value is -6.84. The summed E-state index contributed by atoms with van der Waals surface area (Å²) in [7, 11) is -3.18. The predicted octanol–water partition coefficient (Wildman–Crippen LogP) is 7.69. The number of aliphatic hydroxyl groups is 1. The van der Waals surface area contributed by atoms with Crippen LogP contribution in [0.2, 0.25) is 18.6 Å². The van der Waals surface area contributed by atoms with Crippen LogP contribution in [-0.2, 0) is 61.9 Å². The zero-order valence-electron chi connectivity index (χ0n) is 37.7. The number of H-pyrrole nitrogens is 2. The highest BCUT2D eigenvalue weighted by atomic mass is 28.4. The van der Waals surface area contributed by atoms with Crippen LogP contribution in [0.1, 0.15) is 46.7 Å². The Bertz CT molecular complexity index is 3070. The molecule has 0 bridgehead atoms. The number of nitrogens with zero attached hydrogens (tertiary/aromatic N) is 2. The number of hydrogen-bond acceptors (Lipinski definition) is 7. The number of rotatable bonds is 12. The molecule has 13 nitrogen and oxygen atoms in total. The second-order valence-electron chi connectivity index (χ2n) is 18.9. The summed E-state index contributed by atoms with van der Waals surface area (Å²) in [5, 5.41) is 18.5. The Morgan fingerprint density at radius 3 is 2.04 bits per heavy atom. The molecule has 67 heavy (non-hydrogen) atoms. The van der Waals surface area contributed by atoms with E-state index in [0.29, 0.717) is 35.6 Å². The van der Waals surface area contributed by atoms with Crippen molar-refractivity contribution in [2.45, 2.75) is 82.1 Å². The first-order valence-corrected chi connectivity index (χ1v) is 26.0. The summed E-state index contributed by atoms with van der Waals surface area (Å²) in [5.74, 6) is -1.58. The average molecular weight is 915 g/mol. The van der Waals surface area contributed by atoms with Gasteiger partial charge in [-0.05, 0) is 89.8 Å². The van der Waals surface area contributed by atoms with Gasteiger partial charge in [0.05, 0.1) is 50.2 Å². The Balaban J connectivity index is 0.962. The van der Waals surface area contributed by atoms with Gasteiger partial charge in [-0.25, -0.2) is 0 Å². The highest BCUT2D eigenvalue weighted by Gasteiger charge is 2.66. The molecule has 5 aromatic carbocycles. The average Bonchev–Trinajstić information content (AvgIpc) is 4.05. The number of ether oxygens (including phenoxy) is 1. The van der Waals surface area contributed by atoms with E-state index in [1.54, 1.807) is 21.9 Å². The minimum absolute atomic E-state index is 0.101. The van der Waals surface area contributed by atoms with Crippen molar-refractivity contribution in [3.63, 3.8) is 0 Å². The third-order valence-electron chi connectivity index (χ3n) is 14.1. The van der Waals surface area contributed by atoms with E-state index in [2.05, 4.69) is 20.6 Å². The van der Waals surface area contributed by atoms with E-state index in [1.807, 2.05) is 136 Å². The van der Waals surface area contributed by atoms with Gasteiger partial charge in [-0.1, -0.05) is 79.7 Å². The summed E-state index contributed by atoms with van der Waals surface area (Å²) in [6.45, 7) is 5.81. The van der Waals surface area contributed by atoms with Gasteiger partial charge in [0.1, 0.15) is 0 Å². The molecule has 14 heteroatoms. The summed E-state index contributed by atoms with van der Waals surface area (Å²) in [6, 6.07) is 35.9. The lowest BCUT2D eigenvalue weighted by atomic mass is 9.82. The van der Waals surface area contributed by atoms with E-state index in [1.165, 1.54) is 0 Å². The van der Waals surface area contributed by atoms with Gasteiger partial charge in [0.2, 0.25) is 17.7 Å². The van der Waals surface area contributed by atoms with E-state index in [4.69, 9.17) is 4.74 Å². The fourth-order valence-corrected chi connectivity index (χ4v) is 13.6. The fourth-order valence-electron chi connectivity index (χ4n) is 11.1. The van der Waals surface area contributed by atoms with Gasteiger partial charge < -0.3 is 45.0 Å². The summed E-state index contributed by atoms with van der Waals surface area (Å²) in [6.07, 6.45) is 3.55. The molecule has 4 amide bonds. The van der Waals surface area contributed by atoms with Crippen molar-refractivity contribution >= 4 is 70.8 Å². The van der Waals surface area contributed by atoms with Gasteiger partial charge in [0.15, 0.2) is 13.9 Å². The lowest BCUT2D eigenvalue weighted by molar-refractivity contribution is -0.151. The maximum Gasteiger partial charge on any atom is 0.264 e. The monoisotopic (exact) mass is 914 g/mol. The molecule has 3 aliphatic rings. The lowest BCUT2D eigenvalue weighted by Gasteiger charge is -2.37. The van der Waals surface area contributed by atoms with Crippen LogP contribution in [0.4, 0.5) is 17.1 Å². The Morgan fingerprint density at radius 1 is 0.791 bits per heavy atom. The fraction of sp³-hybridized carbons (Fsp3) is 0.283. The molecule has 2 aromatic heterocycles. The van der Waals surface area contributed by atoms with Crippen LogP contribution >= 0.6 is 0 Å². The standard InChI is InChI=1S/C53H54N6O7Si/c1-32-51(67(2,3)65)47(26-50(63)58-30-35-13-5-4-12-34(35)22-40(58)31-60)66-53(32)43-25-39(57-49(62)24-37-28-55-45-18-9-7-16-42(37)45)19-20-46(43)59(52(53)64)29-33-11-10-14-38(21-33)56-48(61)23-36-27-54-44-17-8-6-15-41(36)44/h4-21,25,27-28,32,40,47,51,54-55,60,65H,22-24,26,29-31H2,1-3H3,(H,56,61)(H,57,62)/t32-,40-,47+,51-,53+/m0/s1. The molecule has 1 spiro atoms. The molecule has 6 N–H and O–H groups in total. The van der Waals surface area contributed by atoms with Crippen molar-refractivity contribution in [2.24, 2.45) is 5.92 Å². The first-order valence-electron chi connectivity index (χ1n) is 22.9. The molecular formula is C53H54N6O7Si. The maximum absolute atomic E-state index is 15.5. The van der Waals surface area contributed by atoms with Gasteiger partial charge in [-0.15, -0.1) is 0 Å². The maximum atomic E-state index is 15.5. The van der Waals surface area contributed by atoms with Crippen LogP contribution in [0.3, 0.4) is 0 Å². The Kier molecular flexibility index (Phi) is 11.4. The predicted molar refractivity (Wildman–Crippen MR) is 261 cm³/mol. The number of aliphatic hydroxyl groups excluding tert-OH is 1. The zero-order valence-corrected chi connectivity index (χ0v) is 38.7. The van der Waals surface area contributed by atoms with Crippen LogP contribution < -0.4 is 15.5 Å². The Labute approximate surface area is 389 Å². The normalized spacial score (nSPS) is 21.2. The molecule has 1 saturated heterocycles. The number of carbonyl (C=O) groups is 4. The number of amides is 4. The van der Waals surface area contributed by atoms with Crippen LogP contribution in [0, 0.1) is 5.92 Å². The zero-order chi connectivity index (χ0) is 46.6. The number of nitrogens with one attached hydrogen (secondary N) is 4. The van der Waals surface area contributed by atoms with Gasteiger partial charge >= 0.3 is 0 Å². The molecule has 10 rings (SSSR count). The summed E-state index contributed by atoms with van der Waals surface area (Å²) in [5.41, 5.74) is 6.49. The first-order chi connectivity index (χ1) is 32.3. The molecule has 5 atom stereocenters. The van der Waals surface area contributed by atoms with Crippen LogP contribution in [0.25, 0.3) is 21.8 Å². The van der Waals surface area contributed by atoms with Crippen LogP contribution in [-0.4, -0.2) is 75.5 Å². The van der Waals surface area contributed by atoms with Crippen molar-refractivity contribution in [1.29, 1.82) is 0 Å². The topological polar surface area (TPSA) is 180 Å². The smallest absolute Gasteiger partial charge is 0.264 e. The van der Waals surface area contributed by atoms with E-state index in [9.17, 15) is 24.3 Å². The largest absolute Gasteiger partial charge is 0.432 e. The van der Waals surface area contributed by atoms with Crippen LogP contribution in [0.15, 0.2) is 128 Å². The number of fused-ring (bicyclic) bond motifs is 5. The third-order valence-corrected chi connectivity index (χ3v) is 16.6. The molecular weight excluding hydrogens is 861 g/mol. The van der Waals surface area contributed by atoms with Gasteiger partial charge in [0, 0.05) is 69.1 Å². The van der Waals surface area contributed by atoms with E-state index in [-0.39, 0.29) is 56.0 Å². The van der Waals surface area contributed by atoms with E-state index < -0.39 is 37.5 Å². The first kappa shape index (κ1) is 44.0. The minimum Gasteiger partial charge on any atom is -0.432 e. The molecule has 1 fully saturated rings. The number of carbonyl (C=O) groups excluding carboxylic acids is 4. The highest BCUT2D eigenvalue weighted by Crippen LogP contribution is 2.60. The molecule has 0 unspecified atom stereocenters. The lowest BCUT2D eigenvalue weighted by Crippen LogP contribution is -2.48. The molecule has 3 aliphatic heterocycles. The molecule has 7 aromatic rings. The molecule has 342 valence electrons. The number of benzene rings is 5. The van der Waals surface area contributed by atoms with Crippen LogP contribution in [0.5, 0.6) is 0 Å². The van der Waals surface area contributed by atoms with Crippen molar-refractivity contribution < 1.29 is 33.8 Å². The second kappa shape index (κ2) is 17.4. The quantitative estimate of drug-likeness (QED) is 0.0680. The molecule has 0 radical (unpaired) electrons. The molecule has 0 aliphatic carbocycles. The number of aromatic amines is 2. The van der Waals surface area contributed by atoms with Crippen molar-refractivity contribution in [3.05, 3.63) is 161 Å². The summed E-state index contributed by atoms with van der Waals surface area (Å²) >= 11 is 0. The van der Waals surface area contributed by atoms with Gasteiger partial charge in [0.25, 0.3) is 5.91 Å². The van der Waals surface area contributed by atoms with E-state index in [0.717, 1.165) is 49.6 Å². The molecule has 0 saturated carbocycles. The SMILES string of the molecule is C[C@H]1[C@H]([Si](C)(C)O)[C@@H](CC(=O)N2Cc3ccccc3C[C@H]2CO)O[C@]12C(=O)N(Cc1cccc(NC(=O)Cc3c[nH]c4ccccc34)c1)c1ccc(NC(=O)Cc3c[nH]c4ccccc34)cc12. The second-order valence-corrected chi connectivity index (χ2v) is 22.9. The number of hydrogen-bond donors (Lipinski definition) is 6. The minimum atomic E-state index is -3.18. The molecule has 5 heterocycles. The van der Waals surface area contributed by atoms with Crippen molar-refractivity contribution in [1.82, 2.24) is 14.9 Å². The van der Waals surface area contributed by atoms with Gasteiger partial charge in [-0.3, -0.25) is 19.2 Å². The van der Waals surface area contributed by atoms with Gasteiger partial charge in [-0.2, -0.15) is 0 Å². The third kappa shape index (κ3) is 8.13.